The number of carbonyl (C=O) groups excluding carboxylic acids is 1. The molecule has 3 N–H and O–H groups in total. The van der Waals surface area contributed by atoms with Gasteiger partial charge in [0, 0.05) is 17.8 Å². The van der Waals surface area contributed by atoms with Gasteiger partial charge in [-0.1, -0.05) is 0 Å². The lowest BCUT2D eigenvalue weighted by Crippen LogP contribution is -2.13. The third-order valence-electron chi connectivity index (χ3n) is 2.74. The van der Waals surface area contributed by atoms with Crippen LogP contribution in [0.5, 0.6) is 0 Å². The molecule has 0 aliphatic heterocycles. The summed E-state index contributed by atoms with van der Waals surface area (Å²) in [6.07, 6.45) is 1.61. The minimum Gasteiger partial charge on any atom is -0.393 e. The average Bonchev–Trinajstić information content (AvgIpc) is 2.41. The summed E-state index contributed by atoms with van der Waals surface area (Å²) in [6, 6.07) is 7.31. The molecule has 0 bridgehead atoms. The van der Waals surface area contributed by atoms with Gasteiger partial charge in [-0.3, -0.25) is 19.9 Å². The smallest absolute Gasteiger partial charge is 0.292 e. The molecule has 1 heterocycles. The molecule has 0 aliphatic carbocycles. The van der Waals surface area contributed by atoms with Crippen LogP contribution in [0.3, 0.4) is 0 Å². The predicted octanol–water partition coefficient (Wildman–Crippen LogP) is 2.13. The number of aromatic nitrogens is 1. The lowest BCUT2D eigenvalue weighted by molar-refractivity contribution is -0.383. The van der Waals surface area contributed by atoms with Crippen LogP contribution in [0.15, 0.2) is 36.5 Å². The first-order valence-corrected chi connectivity index (χ1v) is 5.76. The molecule has 0 radical (unpaired) electrons. The highest BCUT2D eigenvalue weighted by atomic mass is 16.6. The summed E-state index contributed by atoms with van der Waals surface area (Å²) in [5.41, 5.74) is 6.58. The third-order valence-corrected chi connectivity index (χ3v) is 2.74. The molecule has 1 aromatic carbocycles. The van der Waals surface area contributed by atoms with Crippen molar-refractivity contribution in [2.24, 2.45) is 0 Å². The van der Waals surface area contributed by atoms with Crippen LogP contribution in [0.2, 0.25) is 0 Å². The molecule has 7 heteroatoms. The monoisotopic (exact) mass is 272 g/mol. The second-order valence-corrected chi connectivity index (χ2v) is 4.12. The quantitative estimate of drug-likeness (QED) is 0.505. The minimum absolute atomic E-state index is 0.0177. The van der Waals surface area contributed by atoms with Gasteiger partial charge < -0.3 is 11.1 Å². The standard InChI is InChI=1S/C13H12N4O3/c1-8-11(3-2-6-15-8)16-13(18)9-4-5-10(14)12(7-9)17(19)20/h2-7H,14H2,1H3,(H,16,18). The molecule has 1 aromatic heterocycles. The number of aryl methyl sites for hydroxylation is 1. The largest absolute Gasteiger partial charge is 0.393 e. The van der Waals surface area contributed by atoms with Gasteiger partial charge in [-0.25, -0.2) is 0 Å². The summed E-state index contributed by atoms with van der Waals surface area (Å²) < 4.78 is 0. The van der Waals surface area contributed by atoms with Gasteiger partial charge in [0.1, 0.15) is 5.69 Å². The Kier molecular flexibility index (Phi) is 3.60. The van der Waals surface area contributed by atoms with Crippen LogP contribution in [-0.4, -0.2) is 15.8 Å². The van der Waals surface area contributed by atoms with Crippen LogP contribution in [0.4, 0.5) is 17.1 Å². The second-order valence-electron chi connectivity index (χ2n) is 4.12. The first-order valence-electron chi connectivity index (χ1n) is 5.76. The number of anilines is 2. The summed E-state index contributed by atoms with van der Waals surface area (Å²) in [7, 11) is 0. The molecule has 2 aromatic rings. The van der Waals surface area contributed by atoms with Gasteiger partial charge in [-0.2, -0.15) is 0 Å². The summed E-state index contributed by atoms with van der Waals surface area (Å²) in [4.78, 5) is 26.3. The molecule has 2 rings (SSSR count). The van der Waals surface area contributed by atoms with Gasteiger partial charge >= 0.3 is 0 Å². The Hall–Kier alpha value is -2.96. The molecular weight excluding hydrogens is 260 g/mol. The normalized spacial score (nSPS) is 10.1. The lowest BCUT2D eigenvalue weighted by Gasteiger charge is -2.07. The number of hydrogen-bond acceptors (Lipinski definition) is 5. The first-order chi connectivity index (χ1) is 9.49. The van der Waals surface area contributed by atoms with E-state index >= 15 is 0 Å². The maximum absolute atomic E-state index is 12.1. The maximum atomic E-state index is 12.1. The number of nitrogens with zero attached hydrogens (tertiary/aromatic N) is 2. The van der Waals surface area contributed by atoms with Gasteiger partial charge in [0.25, 0.3) is 11.6 Å². The zero-order chi connectivity index (χ0) is 14.7. The summed E-state index contributed by atoms with van der Waals surface area (Å²) in [5, 5.41) is 13.4. The van der Waals surface area contributed by atoms with E-state index in [4.69, 9.17) is 5.73 Å². The molecular formula is C13H12N4O3. The number of benzene rings is 1. The maximum Gasteiger partial charge on any atom is 0.292 e. The Morgan fingerprint density at radius 2 is 2.15 bits per heavy atom. The number of hydrogen-bond donors (Lipinski definition) is 2. The Balaban J connectivity index is 2.28. The Bertz CT molecular complexity index is 685. The van der Waals surface area contributed by atoms with Crippen molar-refractivity contribution in [3.05, 3.63) is 57.9 Å². The fraction of sp³-hybridized carbons (Fsp3) is 0.0769. The highest BCUT2D eigenvalue weighted by Crippen LogP contribution is 2.23. The zero-order valence-electron chi connectivity index (χ0n) is 10.7. The average molecular weight is 272 g/mol. The summed E-state index contributed by atoms with van der Waals surface area (Å²) in [5.74, 6) is -0.454. The number of carbonyl (C=O) groups is 1. The predicted molar refractivity (Wildman–Crippen MR) is 74.4 cm³/mol. The Morgan fingerprint density at radius 3 is 2.80 bits per heavy atom. The molecule has 0 spiro atoms. The van der Waals surface area contributed by atoms with Crippen molar-refractivity contribution < 1.29 is 9.72 Å². The van der Waals surface area contributed by atoms with Gasteiger partial charge in [-0.05, 0) is 31.2 Å². The molecule has 0 fully saturated rings. The van der Waals surface area contributed by atoms with E-state index in [-0.39, 0.29) is 16.9 Å². The third kappa shape index (κ3) is 2.72. The lowest BCUT2D eigenvalue weighted by atomic mass is 10.1. The number of amides is 1. The molecule has 0 saturated heterocycles. The summed E-state index contributed by atoms with van der Waals surface area (Å²) >= 11 is 0. The number of nitro benzene ring substituents is 1. The highest BCUT2D eigenvalue weighted by Gasteiger charge is 2.16. The van der Waals surface area contributed by atoms with Crippen LogP contribution in [0.1, 0.15) is 16.1 Å². The van der Waals surface area contributed by atoms with Crippen LogP contribution in [0, 0.1) is 17.0 Å². The second kappa shape index (κ2) is 5.35. The highest BCUT2D eigenvalue weighted by molar-refractivity contribution is 6.05. The van der Waals surface area contributed by atoms with Crippen molar-refractivity contribution in [1.82, 2.24) is 4.98 Å². The minimum atomic E-state index is -0.624. The van der Waals surface area contributed by atoms with E-state index < -0.39 is 10.8 Å². The van der Waals surface area contributed by atoms with E-state index in [0.717, 1.165) is 6.07 Å². The number of pyridine rings is 1. The van der Waals surface area contributed by atoms with Crippen molar-refractivity contribution in [3.8, 4) is 0 Å². The van der Waals surface area contributed by atoms with E-state index in [1.165, 1.54) is 12.1 Å². The van der Waals surface area contributed by atoms with Crippen molar-refractivity contribution in [3.63, 3.8) is 0 Å². The van der Waals surface area contributed by atoms with Gasteiger partial charge in [0.05, 0.1) is 16.3 Å². The van der Waals surface area contributed by atoms with Crippen LogP contribution >= 0.6 is 0 Å². The van der Waals surface area contributed by atoms with Crippen LogP contribution in [-0.2, 0) is 0 Å². The topological polar surface area (TPSA) is 111 Å². The number of nitrogens with two attached hydrogens (primary N) is 1. The molecule has 102 valence electrons. The Morgan fingerprint density at radius 1 is 1.40 bits per heavy atom. The SMILES string of the molecule is Cc1ncccc1NC(=O)c1ccc(N)c([N+](=O)[O-])c1. The van der Waals surface area contributed by atoms with Crippen molar-refractivity contribution in [2.75, 3.05) is 11.1 Å². The molecule has 0 atom stereocenters. The number of nitro groups is 1. The van der Waals surface area contributed by atoms with Crippen LogP contribution < -0.4 is 11.1 Å². The van der Waals surface area contributed by atoms with E-state index in [1.54, 1.807) is 25.3 Å². The van der Waals surface area contributed by atoms with Crippen molar-refractivity contribution in [1.29, 1.82) is 0 Å². The Labute approximate surface area is 114 Å². The molecule has 0 saturated carbocycles. The zero-order valence-corrected chi connectivity index (χ0v) is 10.7. The van der Waals surface area contributed by atoms with Crippen molar-refractivity contribution in [2.45, 2.75) is 6.92 Å². The van der Waals surface area contributed by atoms with E-state index in [1.807, 2.05) is 0 Å². The fourth-order valence-electron chi connectivity index (χ4n) is 1.65. The van der Waals surface area contributed by atoms with E-state index in [9.17, 15) is 14.9 Å². The number of rotatable bonds is 3. The molecule has 7 nitrogen and oxygen atoms in total. The molecule has 20 heavy (non-hydrogen) atoms. The van der Waals surface area contributed by atoms with E-state index in [2.05, 4.69) is 10.3 Å². The number of nitrogen functional groups attached to an aromatic ring is 1. The fourth-order valence-corrected chi connectivity index (χ4v) is 1.65. The van der Waals surface area contributed by atoms with Crippen molar-refractivity contribution >= 4 is 23.0 Å². The molecule has 1 amide bonds. The van der Waals surface area contributed by atoms with Crippen LogP contribution in [0.25, 0.3) is 0 Å². The van der Waals surface area contributed by atoms with Gasteiger partial charge in [0.2, 0.25) is 0 Å². The van der Waals surface area contributed by atoms with E-state index in [0.29, 0.717) is 11.4 Å². The molecule has 0 unspecified atom stereocenters. The molecule has 0 aliphatic rings. The first kappa shape index (κ1) is 13.5. The summed E-state index contributed by atoms with van der Waals surface area (Å²) in [6.45, 7) is 1.75. The van der Waals surface area contributed by atoms with Gasteiger partial charge in [0.15, 0.2) is 0 Å². The number of nitrogens with one attached hydrogen (secondary N) is 1. The van der Waals surface area contributed by atoms with Gasteiger partial charge in [-0.15, -0.1) is 0 Å².